The number of hydrogen-bond donors (Lipinski definition) is 1. The fraction of sp³-hybridized carbons (Fsp3) is 0.0909. The number of anilines is 1. The van der Waals surface area contributed by atoms with Crippen molar-refractivity contribution < 1.29 is 4.79 Å². The zero-order valence-corrected chi connectivity index (χ0v) is 14.8. The van der Waals surface area contributed by atoms with Crippen LogP contribution in [-0.2, 0) is 17.8 Å². The minimum atomic E-state index is -0.0569. The first-order chi connectivity index (χ1) is 13.3. The number of carbonyl (C=O) groups is 1. The fourth-order valence-corrected chi connectivity index (χ4v) is 2.99. The average molecular weight is 356 g/mol. The zero-order valence-electron chi connectivity index (χ0n) is 14.8. The molecule has 0 bridgehead atoms. The molecule has 0 fully saturated rings. The highest BCUT2D eigenvalue weighted by Gasteiger charge is 2.09. The van der Waals surface area contributed by atoms with Crippen LogP contribution in [0.1, 0.15) is 11.1 Å². The van der Waals surface area contributed by atoms with E-state index >= 15 is 0 Å². The van der Waals surface area contributed by atoms with E-state index in [9.17, 15) is 4.79 Å². The van der Waals surface area contributed by atoms with Gasteiger partial charge in [-0.05, 0) is 35.4 Å². The van der Waals surface area contributed by atoms with Gasteiger partial charge in [-0.25, -0.2) is 4.68 Å². The van der Waals surface area contributed by atoms with E-state index in [0.717, 1.165) is 16.8 Å². The number of nitrogens with zero attached hydrogens (tertiary/aromatic N) is 3. The van der Waals surface area contributed by atoms with Crippen molar-refractivity contribution in [2.45, 2.75) is 13.0 Å². The lowest BCUT2D eigenvalue weighted by Crippen LogP contribution is -2.18. The van der Waals surface area contributed by atoms with Gasteiger partial charge in [-0.15, -0.1) is 0 Å². The van der Waals surface area contributed by atoms with Crippen LogP contribution in [0, 0.1) is 0 Å². The summed E-state index contributed by atoms with van der Waals surface area (Å²) in [7, 11) is 0. The Kier molecular flexibility index (Phi) is 4.83. The van der Waals surface area contributed by atoms with Crippen molar-refractivity contribution in [1.29, 1.82) is 0 Å². The maximum atomic E-state index is 12.4. The van der Waals surface area contributed by atoms with E-state index in [-0.39, 0.29) is 5.91 Å². The molecule has 0 aliphatic heterocycles. The summed E-state index contributed by atoms with van der Waals surface area (Å²) in [5.41, 5.74) is 3.18. The fourth-order valence-electron chi connectivity index (χ4n) is 2.99. The molecular weight excluding hydrogens is 336 g/mol. The summed E-state index contributed by atoms with van der Waals surface area (Å²) in [5.74, 6) is 0.645. The summed E-state index contributed by atoms with van der Waals surface area (Å²) in [4.78, 5) is 12.4. The molecule has 0 radical (unpaired) electrons. The van der Waals surface area contributed by atoms with Crippen LogP contribution in [0.15, 0.2) is 91.4 Å². The van der Waals surface area contributed by atoms with E-state index in [2.05, 4.69) is 10.4 Å². The van der Waals surface area contributed by atoms with Crippen LogP contribution in [0.5, 0.6) is 0 Å². The summed E-state index contributed by atoms with van der Waals surface area (Å²) in [6.45, 7) is 0.620. The third-order valence-electron chi connectivity index (χ3n) is 4.36. The molecule has 1 amide bonds. The van der Waals surface area contributed by atoms with Gasteiger partial charge in [0.1, 0.15) is 5.82 Å². The molecule has 5 nitrogen and oxygen atoms in total. The standard InChI is InChI=1S/C22H20N4O/c27-22(16-18-8-10-20(11-9-18)25-14-4-5-15-25)24-21-12-13-23-26(21)17-19-6-2-1-3-7-19/h1-15H,16-17H2,(H,24,27). The quantitative estimate of drug-likeness (QED) is 0.570. The minimum Gasteiger partial charge on any atom is -0.324 e. The number of rotatable bonds is 6. The number of amides is 1. The van der Waals surface area contributed by atoms with Crippen molar-refractivity contribution in [3.8, 4) is 5.69 Å². The van der Waals surface area contributed by atoms with Gasteiger partial charge < -0.3 is 9.88 Å². The average Bonchev–Trinajstić information content (AvgIpc) is 3.36. The molecule has 2 aromatic carbocycles. The molecule has 4 aromatic rings. The molecule has 0 saturated carbocycles. The number of hydrogen-bond acceptors (Lipinski definition) is 2. The van der Waals surface area contributed by atoms with Gasteiger partial charge in [-0.1, -0.05) is 42.5 Å². The molecule has 2 aromatic heterocycles. The van der Waals surface area contributed by atoms with Gasteiger partial charge in [0.05, 0.1) is 19.2 Å². The van der Waals surface area contributed by atoms with Crippen LogP contribution in [-0.4, -0.2) is 20.3 Å². The predicted molar refractivity (Wildman–Crippen MR) is 106 cm³/mol. The van der Waals surface area contributed by atoms with Crippen molar-refractivity contribution in [2.75, 3.05) is 5.32 Å². The molecule has 0 aliphatic rings. The van der Waals surface area contributed by atoms with E-state index in [1.54, 1.807) is 10.9 Å². The highest BCUT2D eigenvalue weighted by molar-refractivity contribution is 5.91. The molecule has 4 rings (SSSR count). The van der Waals surface area contributed by atoms with Crippen LogP contribution in [0.25, 0.3) is 5.69 Å². The van der Waals surface area contributed by atoms with Crippen molar-refractivity contribution in [3.05, 3.63) is 103 Å². The van der Waals surface area contributed by atoms with Crippen molar-refractivity contribution in [3.63, 3.8) is 0 Å². The Morgan fingerprint density at radius 1 is 0.852 bits per heavy atom. The van der Waals surface area contributed by atoms with Crippen molar-refractivity contribution >= 4 is 11.7 Å². The van der Waals surface area contributed by atoms with Gasteiger partial charge in [-0.3, -0.25) is 4.79 Å². The maximum Gasteiger partial charge on any atom is 0.229 e. The Morgan fingerprint density at radius 3 is 2.33 bits per heavy atom. The Morgan fingerprint density at radius 2 is 1.59 bits per heavy atom. The Bertz CT molecular complexity index is 1000. The molecule has 0 atom stereocenters. The van der Waals surface area contributed by atoms with Gasteiger partial charge in [0, 0.05) is 24.1 Å². The third-order valence-corrected chi connectivity index (χ3v) is 4.36. The van der Waals surface area contributed by atoms with Crippen LogP contribution in [0.2, 0.25) is 0 Å². The number of carbonyl (C=O) groups excluding carboxylic acids is 1. The summed E-state index contributed by atoms with van der Waals surface area (Å²) < 4.78 is 3.83. The lowest BCUT2D eigenvalue weighted by atomic mass is 10.1. The number of benzene rings is 2. The Hall–Kier alpha value is -3.60. The lowest BCUT2D eigenvalue weighted by Gasteiger charge is -2.10. The van der Waals surface area contributed by atoms with Crippen LogP contribution >= 0.6 is 0 Å². The molecule has 0 saturated heterocycles. The van der Waals surface area contributed by atoms with Gasteiger partial charge >= 0.3 is 0 Å². The van der Waals surface area contributed by atoms with E-state index in [1.807, 2.05) is 89.8 Å². The third kappa shape index (κ3) is 4.15. The second kappa shape index (κ2) is 7.74. The largest absolute Gasteiger partial charge is 0.324 e. The number of nitrogens with one attached hydrogen (secondary N) is 1. The summed E-state index contributed by atoms with van der Waals surface area (Å²) in [5, 5.41) is 7.27. The molecule has 0 aliphatic carbocycles. The topological polar surface area (TPSA) is 51.9 Å². The molecule has 27 heavy (non-hydrogen) atoms. The van der Waals surface area contributed by atoms with Gasteiger partial charge in [-0.2, -0.15) is 5.10 Å². The summed E-state index contributed by atoms with van der Waals surface area (Å²) >= 11 is 0. The maximum absolute atomic E-state index is 12.4. The first kappa shape index (κ1) is 16.8. The predicted octanol–water partition coefficient (Wildman–Crippen LogP) is 3.90. The first-order valence-electron chi connectivity index (χ1n) is 8.86. The molecule has 134 valence electrons. The Labute approximate surface area is 157 Å². The highest BCUT2D eigenvalue weighted by atomic mass is 16.1. The van der Waals surface area contributed by atoms with Gasteiger partial charge in [0.15, 0.2) is 0 Å². The normalized spacial score (nSPS) is 10.7. The van der Waals surface area contributed by atoms with Crippen molar-refractivity contribution in [2.24, 2.45) is 0 Å². The molecular formula is C22H20N4O. The SMILES string of the molecule is O=C(Cc1ccc(-n2cccc2)cc1)Nc1ccnn1Cc1ccccc1. The second-order valence-electron chi connectivity index (χ2n) is 6.34. The van der Waals surface area contributed by atoms with Crippen LogP contribution in [0.4, 0.5) is 5.82 Å². The zero-order chi connectivity index (χ0) is 18.5. The summed E-state index contributed by atoms with van der Waals surface area (Å²) in [6, 6.07) is 23.8. The van der Waals surface area contributed by atoms with E-state index < -0.39 is 0 Å². The molecule has 0 spiro atoms. The van der Waals surface area contributed by atoms with E-state index in [1.165, 1.54) is 0 Å². The monoisotopic (exact) mass is 356 g/mol. The highest BCUT2D eigenvalue weighted by Crippen LogP contribution is 2.13. The van der Waals surface area contributed by atoms with Gasteiger partial charge in [0.2, 0.25) is 5.91 Å². The molecule has 2 heterocycles. The molecule has 0 unspecified atom stereocenters. The van der Waals surface area contributed by atoms with Gasteiger partial charge in [0.25, 0.3) is 0 Å². The van der Waals surface area contributed by atoms with Crippen LogP contribution < -0.4 is 5.32 Å². The molecule has 1 N–H and O–H groups in total. The van der Waals surface area contributed by atoms with E-state index in [4.69, 9.17) is 0 Å². The van der Waals surface area contributed by atoms with Crippen LogP contribution in [0.3, 0.4) is 0 Å². The minimum absolute atomic E-state index is 0.0569. The second-order valence-corrected chi connectivity index (χ2v) is 6.34. The summed E-state index contributed by atoms with van der Waals surface area (Å²) in [6.07, 6.45) is 6.01. The number of aromatic nitrogens is 3. The smallest absolute Gasteiger partial charge is 0.229 e. The van der Waals surface area contributed by atoms with Crippen molar-refractivity contribution in [1.82, 2.24) is 14.3 Å². The Balaban J connectivity index is 1.39. The lowest BCUT2D eigenvalue weighted by molar-refractivity contribution is -0.115. The molecule has 5 heteroatoms. The first-order valence-corrected chi connectivity index (χ1v) is 8.86. The van der Waals surface area contributed by atoms with E-state index in [0.29, 0.717) is 18.8 Å².